The highest BCUT2D eigenvalue weighted by Gasteiger charge is 2.73. The van der Waals surface area contributed by atoms with E-state index in [1.165, 1.54) is 0 Å². The second-order valence-electron chi connectivity index (χ2n) is 2.71. The second-order valence-corrected chi connectivity index (χ2v) is 5.75. The Balaban J connectivity index is 5.33. The Morgan fingerprint density at radius 1 is 0.667 bits per heavy atom. The van der Waals surface area contributed by atoms with Crippen LogP contribution in [0.15, 0.2) is 0 Å². The van der Waals surface area contributed by atoms with Gasteiger partial charge in [0.25, 0.3) is 0 Å². The first-order valence-corrected chi connectivity index (χ1v) is 5.32. The average Bonchev–Trinajstić information content (AvgIpc) is 1.96. The van der Waals surface area contributed by atoms with Crippen LogP contribution in [0, 0.1) is 0 Å². The smallest absolute Gasteiger partial charge is 0.262 e. The summed E-state index contributed by atoms with van der Waals surface area (Å²) in [7, 11) is 0. The number of halogens is 12. The molecular weight excluding hydrogens is 386 g/mol. The molecule has 0 heterocycles. The van der Waals surface area contributed by atoms with Crippen molar-refractivity contribution in [2.45, 2.75) is 26.5 Å². The fourth-order valence-corrected chi connectivity index (χ4v) is 0.699. The lowest BCUT2D eigenvalue weighted by atomic mass is 10.3. The molecule has 0 bridgehead atoms. The maximum absolute atomic E-state index is 13.0. The Labute approximate surface area is 120 Å². The minimum atomic E-state index is -5.95. The minimum absolute atomic E-state index is 2.72. The molecule has 0 rings (SSSR count). The van der Waals surface area contributed by atoms with Crippen molar-refractivity contribution >= 4 is 58.0 Å². The van der Waals surface area contributed by atoms with Crippen molar-refractivity contribution in [2.24, 2.45) is 0 Å². The van der Waals surface area contributed by atoms with Crippen LogP contribution in [0.5, 0.6) is 0 Å². The summed E-state index contributed by atoms with van der Waals surface area (Å²) < 4.78 is 81.0. The zero-order valence-electron chi connectivity index (χ0n) is 7.44. The van der Waals surface area contributed by atoms with Gasteiger partial charge in [0.1, 0.15) is 0 Å². The van der Waals surface area contributed by atoms with Gasteiger partial charge in [-0.3, -0.25) is 4.74 Å². The third kappa shape index (κ3) is 3.73. The summed E-state index contributed by atoms with van der Waals surface area (Å²) in [6.45, 7) is 0. The summed E-state index contributed by atoms with van der Waals surface area (Å²) in [6.07, 6.45) is -11.6. The van der Waals surface area contributed by atoms with E-state index in [0.29, 0.717) is 0 Å². The van der Waals surface area contributed by atoms with Crippen LogP contribution in [-0.4, -0.2) is 26.5 Å². The van der Waals surface area contributed by atoms with Crippen molar-refractivity contribution in [1.29, 1.82) is 0 Å². The number of rotatable bonds is 4. The minimum Gasteiger partial charge on any atom is -0.262 e. The molecule has 0 spiro atoms. The molecule has 0 aromatic heterocycles. The Hall–Kier alpha value is 0.920. The summed E-state index contributed by atoms with van der Waals surface area (Å²) in [4.78, 5) is 0. The lowest BCUT2D eigenvalue weighted by molar-refractivity contribution is -0.350. The van der Waals surface area contributed by atoms with Gasteiger partial charge in [-0.2, -0.15) is 30.7 Å². The summed E-state index contributed by atoms with van der Waals surface area (Å²) in [5.41, 5.74) is 0. The molecule has 1 nitrogen and oxygen atoms in total. The Morgan fingerprint density at radius 3 is 1.22 bits per heavy atom. The summed E-state index contributed by atoms with van der Waals surface area (Å²) in [5.74, 6) is 0. The van der Waals surface area contributed by atoms with E-state index in [9.17, 15) is 30.7 Å². The van der Waals surface area contributed by atoms with Gasteiger partial charge in [-0.05, 0) is 11.6 Å². The first kappa shape index (κ1) is 18.9. The molecule has 0 aliphatic heterocycles. The van der Waals surface area contributed by atoms with E-state index < -0.39 is 26.5 Å². The SMILES string of the molecule is FC(F)(F)C(Cl)(Cl)C(F)(F)OC(F)(Cl)C(F)(Cl)Cl. The highest BCUT2D eigenvalue weighted by Crippen LogP contribution is 2.55. The van der Waals surface area contributed by atoms with Gasteiger partial charge in [0.2, 0.25) is 0 Å². The third-order valence-electron chi connectivity index (χ3n) is 1.31. The number of hydrogen-bond donors (Lipinski definition) is 0. The van der Waals surface area contributed by atoms with Crippen molar-refractivity contribution in [3.8, 4) is 0 Å². The summed E-state index contributed by atoms with van der Waals surface area (Å²) in [6, 6.07) is 0. The van der Waals surface area contributed by atoms with Crippen molar-refractivity contribution in [3.05, 3.63) is 0 Å². The van der Waals surface area contributed by atoms with Crippen LogP contribution in [-0.2, 0) is 4.74 Å². The van der Waals surface area contributed by atoms with Crippen molar-refractivity contribution in [1.82, 2.24) is 0 Å². The topological polar surface area (TPSA) is 9.23 Å². The molecule has 18 heavy (non-hydrogen) atoms. The molecule has 13 heteroatoms. The van der Waals surface area contributed by atoms with E-state index in [-0.39, 0.29) is 0 Å². The van der Waals surface area contributed by atoms with Gasteiger partial charge in [0.15, 0.2) is 0 Å². The van der Waals surface area contributed by atoms with Crippen molar-refractivity contribution < 1.29 is 35.5 Å². The van der Waals surface area contributed by atoms with E-state index in [1.807, 2.05) is 0 Å². The van der Waals surface area contributed by atoms with Crippen LogP contribution >= 0.6 is 58.0 Å². The second kappa shape index (κ2) is 5.04. The Kier molecular flexibility index (Phi) is 5.29. The Bertz CT molecular complexity index is 308. The summed E-state index contributed by atoms with van der Waals surface area (Å²) in [5, 5.41) is -4.74. The van der Waals surface area contributed by atoms with Gasteiger partial charge in [-0.1, -0.05) is 46.4 Å². The molecular formula is C5Cl5F7O. The van der Waals surface area contributed by atoms with Gasteiger partial charge >= 0.3 is 26.5 Å². The van der Waals surface area contributed by atoms with Crippen LogP contribution in [0.3, 0.4) is 0 Å². The van der Waals surface area contributed by atoms with Gasteiger partial charge in [0, 0.05) is 0 Å². The predicted molar refractivity (Wildman–Crippen MR) is 51.8 cm³/mol. The van der Waals surface area contributed by atoms with Crippen LogP contribution in [0.1, 0.15) is 0 Å². The molecule has 0 radical (unpaired) electrons. The molecule has 1 unspecified atom stereocenters. The maximum atomic E-state index is 13.0. The van der Waals surface area contributed by atoms with Crippen LogP contribution in [0.2, 0.25) is 0 Å². The van der Waals surface area contributed by atoms with E-state index >= 15 is 0 Å². The predicted octanol–water partition coefficient (Wildman–Crippen LogP) is 5.29. The molecule has 0 saturated carbocycles. The highest BCUT2D eigenvalue weighted by atomic mass is 35.5. The zero-order chi connectivity index (χ0) is 15.2. The maximum Gasteiger partial charge on any atom is 0.430 e. The number of ether oxygens (including phenoxy) is 1. The van der Waals surface area contributed by atoms with Gasteiger partial charge in [0.05, 0.1) is 0 Å². The van der Waals surface area contributed by atoms with Gasteiger partial charge in [-0.15, -0.1) is 0 Å². The molecule has 0 aromatic carbocycles. The van der Waals surface area contributed by atoms with Crippen LogP contribution in [0.25, 0.3) is 0 Å². The monoisotopic (exact) mass is 384 g/mol. The zero-order valence-corrected chi connectivity index (χ0v) is 11.2. The van der Waals surface area contributed by atoms with Gasteiger partial charge < -0.3 is 0 Å². The van der Waals surface area contributed by atoms with E-state index in [1.54, 1.807) is 0 Å². The van der Waals surface area contributed by atoms with Crippen molar-refractivity contribution in [3.63, 3.8) is 0 Å². The van der Waals surface area contributed by atoms with Crippen molar-refractivity contribution in [2.75, 3.05) is 0 Å². The van der Waals surface area contributed by atoms with E-state index in [2.05, 4.69) is 62.7 Å². The normalized spacial score (nSPS) is 18.7. The lowest BCUT2D eigenvalue weighted by Gasteiger charge is -2.35. The standard InChI is InChI=1S/C5Cl5F7O/c6-1(7,4(13,14)15)5(16,17)18-3(10,12)2(8,9)11. The highest BCUT2D eigenvalue weighted by molar-refractivity contribution is 6.51. The quantitative estimate of drug-likeness (QED) is 0.471. The van der Waals surface area contributed by atoms with E-state index in [4.69, 9.17) is 0 Å². The molecule has 0 N–H and O–H groups in total. The summed E-state index contributed by atoms with van der Waals surface area (Å²) >= 11 is 21.7. The molecule has 1 atom stereocenters. The molecule has 110 valence electrons. The molecule has 0 aliphatic carbocycles. The molecule has 0 saturated heterocycles. The first-order chi connectivity index (χ1) is 7.46. The van der Waals surface area contributed by atoms with Gasteiger partial charge in [-0.25, -0.2) is 0 Å². The first-order valence-electron chi connectivity index (χ1n) is 3.43. The molecule has 0 aliphatic rings. The fraction of sp³-hybridized carbons (Fsp3) is 1.00. The Morgan fingerprint density at radius 2 is 1.00 bits per heavy atom. The number of hydrogen-bond acceptors (Lipinski definition) is 1. The average molecular weight is 386 g/mol. The third-order valence-corrected chi connectivity index (χ3v) is 3.19. The molecule has 0 amide bonds. The lowest BCUT2D eigenvalue weighted by Crippen LogP contribution is -2.56. The fourth-order valence-electron chi connectivity index (χ4n) is 0.448. The van der Waals surface area contributed by atoms with E-state index in [0.717, 1.165) is 0 Å². The molecule has 0 fully saturated rings. The number of alkyl halides is 12. The van der Waals surface area contributed by atoms with Crippen LogP contribution < -0.4 is 0 Å². The molecule has 0 aromatic rings. The largest absolute Gasteiger partial charge is 0.430 e. The van der Waals surface area contributed by atoms with Crippen LogP contribution in [0.4, 0.5) is 30.7 Å².